The molecule has 0 aliphatic carbocycles. The van der Waals surface area contributed by atoms with Gasteiger partial charge in [-0.2, -0.15) is 0 Å². The maximum Gasteiger partial charge on any atom is 0.107 e. The second kappa shape index (κ2) is 7.19. The highest BCUT2D eigenvalue weighted by Crippen LogP contribution is 2.26. The van der Waals surface area contributed by atoms with Crippen LogP contribution in [0.3, 0.4) is 0 Å². The van der Waals surface area contributed by atoms with Gasteiger partial charge in [0.1, 0.15) is 5.01 Å². The summed E-state index contributed by atoms with van der Waals surface area (Å²) in [6.07, 6.45) is 6.72. The molecule has 0 spiro atoms. The second-order valence-electron chi connectivity index (χ2n) is 5.74. The smallest absolute Gasteiger partial charge is 0.107 e. The van der Waals surface area contributed by atoms with Gasteiger partial charge in [0.25, 0.3) is 0 Å². The fourth-order valence-electron chi connectivity index (χ4n) is 2.87. The summed E-state index contributed by atoms with van der Waals surface area (Å²) in [7, 11) is 0. The van der Waals surface area contributed by atoms with E-state index >= 15 is 0 Å². The van der Waals surface area contributed by atoms with E-state index in [1.165, 1.54) is 54.2 Å². The fourth-order valence-corrected chi connectivity index (χ4v) is 4.26. The molecule has 1 aromatic heterocycles. The predicted octanol–water partition coefficient (Wildman–Crippen LogP) is 4.68. The number of aryl methyl sites for hydroxylation is 2. The molecule has 0 saturated carbocycles. The molecular weight excluding hydrogens is 320 g/mol. The molecular formula is C15H25BrN2S. The highest BCUT2D eigenvalue weighted by Gasteiger charge is 2.23. The van der Waals surface area contributed by atoms with Crippen molar-refractivity contribution in [2.24, 2.45) is 0 Å². The molecule has 2 rings (SSSR count). The average Bonchev–Trinajstić information content (AvgIpc) is 2.52. The number of hydrogen-bond acceptors (Lipinski definition) is 3. The third-order valence-corrected chi connectivity index (χ3v) is 5.44. The lowest BCUT2D eigenvalue weighted by atomic mass is 10.1. The van der Waals surface area contributed by atoms with Gasteiger partial charge in [0.15, 0.2) is 0 Å². The summed E-state index contributed by atoms with van der Waals surface area (Å²) in [4.78, 5) is 9.36. The molecule has 0 bridgehead atoms. The first-order valence-electron chi connectivity index (χ1n) is 7.37. The molecule has 2 atom stereocenters. The van der Waals surface area contributed by atoms with E-state index in [0.29, 0.717) is 4.83 Å². The Bertz CT molecular complexity index is 383. The summed E-state index contributed by atoms with van der Waals surface area (Å²) in [5.74, 6) is 0. The maximum atomic E-state index is 4.71. The maximum absolute atomic E-state index is 4.71. The van der Waals surface area contributed by atoms with Crippen LogP contribution in [-0.2, 0) is 6.54 Å². The standard InChI is InChI=1S/C15H25BrN2S/c1-11(16)9-14-7-5-4-6-8-18(14)10-15-17-12(2)13(3)19-15/h11,14H,4-10H2,1-3H3. The molecule has 4 heteroatoms. The molecule has 1 fully saturated rings. The van der Waals surface area contributed by atoms with Gasteiger partial charge in [-0.3, -0.25) is 4.90 Å². The first-order chi connectivity index (χ1) is 9.06. The minimum Gasteiger partial charge on any atom is -0.294 e. The molecule has 1 aromatic rings. The molecule has 1 aliphatic heterocycles. The lowest BCUT2D eigenvalue weighted by Gasteiger charge is -2.30. The van der Waals surface area contributed by atoms with E-state index < -0.39 is 0 Å². The van der Waals surface area contributed by atoms with Crippen molar-refractivity contribution in [2.45, 2.75) is 70.3 Å². The number of thiazole rings is 1. The van der Waals surface area contributed by atoms with Gasteiger partial charge in [0, 0.05) is 15.7 Å². The quantitative estimate of drug-likeness (QED) is 0.737. The highest BCUT2D eigenvalue weighted by atomic mass is 79.9. The summed E-state index contributed by atoms with van der Waals surface area (Å²) in [5.41, 5.74) is 1.21. The molecule has 2 heterocycles. The Labute approximate surface area is 129 Å². The van der Waals surface area contributed by atoms with Crippen molar-refractivity contribution in [3.05, 3.63) is 15.6 Å². The minimum atomic E-state index is 0.609. The van der Waals surface area contributed by atoms with Crippen LogP contribution in [0.2, 0.25) is 0 Å². The number of halogens is 1. The van der Waals surface area contributed by atoms with E-state index in [4.69, 9.17) is 4.98 Å². The number of nitrogens with zero attached hydrogens (tertiary/aromatic N) is 2. The zero-order valence-corrected chi connectivity index (χ0v) is 14.7. The van der Waals surface area contributed by atoms with E-state index in [9.17, 15) is 0 Å². The zero-order valence-electron chi connectivity index (χ0n) is 12.3. The first-order valence-corrected chi connectivity index (χ1v) is 9.10. The predicted molar refractivity (Wildman–Crippen MR) is 87.3 cm³/mol. The zero-order chi connectivity index (χ0) is 13.8. The molecule has 1 saturated heterocycles. The first kappa shape index (κ1) is 15.5. The van der Waals surface area contributed by atoms with Gasteiger partial charge >= 0.3 is 0 Å². The van der Waals surface area contributed by atoms with E-state index in [1.807, 2.05) is 11.3 Å². The lowest BCUT2D eigenvalue weighted by Crippen LogP contribution is -2.35. The Balaban J connectivity index is 2.04. The summed E-state index contributed by atoms with van der Waals surface area (Å²) in [6, 6.07) is 0.724. The molecule has 2 unspecified atom stereocenters. The second-order valence-corrected chi connectivity index (χ2v) is 8.59. The fraction of sp³-hybridized carbons (Fsp3) is 0.800. The van der Waals surface area contributed by atoms with Crippen molar-refractivity contribution in [3.63, 3.8) is 0 Å². The Kier molecular flexibility index (Phi) is 5.85. The molecule has 0 radical (unpaired) electrons. The van der Waals surface area contributed by atoms with E-state index in [-0.39, 0.29) is 0 Å². The summed E-state index contributed by atoms with van der Waals surface area (Å²) in [6.45, 7) is 8.85. The van der Waals surface area contributed by atoms with Gasteiger partial charge in [-0.05, 0) is 39.7 Å². The Morgan fingerprint density at radius 1 is 1.37 bits per heavy atom. The normalized spacial score (nSPS) is 23.3. The van der Waals surface area contributed by atoms with Gasteiger partial charge in [-0.15, -0.1) is 11.3 Å². The third-order valence-electron chi connectivity index (χ3n) is 4.01. The van der Waals surface area contributed by atoms with Crippen LogP contribution in [0.25, 0.3) is 0 Å². The summed E-state index contributed by atoms with van der Waals surface area (Å²) < 4.78 is 0. The van der Waals surface area contributed by atoms with Crippen LogP contribution in [0.1, 0.15) is 54.6 Å². The number of aromatic nitrogens is 1. The Morgan fingerprint density at radius 3 is 2.79 bits per heavy atom. The van der Waals surface area contributed by atoms with Crippen LogP contribution in [0.15, 0.2) is 0 Å². The molecule has 0 aromatic carbocycles. The Hall–Kier alpha value is 0.0700. The topological polar surface area (TPSA) is 16.1 Å². The van der Waals surface area contributed by atoms with Crippen LogP contribution in [-0.4, -0.2) is 27.3 Å². The van der Waals surface area contributed by atoms with Crippen LogP contribution in [0.4, 0.5) is 0 Å². The molecule has 0 amide bonds. The van der Waals surface area contributed by atoms with Crippen LogP contribution >= 0.6 is 27.3 Å². The van der Waals surface area contributed by atoms with Crippen LogP contribution in [0.5, 0.6) is 0 Å². The van der Waals surface area contributed by atoms with Crippen LogP contribution in [0, 0.1) is 13.8 Å². The van der Waals surface area contributed by atoms with E-state index in [2.05, 4.69) is 41.6 Å². The molecule has 1 aliphatic rings. The number of alkyl halides is 1. The monoisotopic (exact) mass is 344 g/mol. The molecule has 0 N–H and O–H groups in total. The average molecular weight is 345 g/mol. The van der Waals surface area contributed by atoms with Crippen LogP contribution < -0.4 is 0 Å². The van der Waals surface area contributed by atoms with E-state index in [0.717, 1.165) is 12.6 Å². The van der Waals surface area contributed by atoms with Crippen molar-refractivity contribution < 1.29 is 0 Å². The summed E-state index contributed by atoms with van der Waals surface area (Å²) in [5, 5.41) is 1.30. The van der Waals surface area contributed by atoms with Crippen molar-refractivity contribution >= 4 is 27.3 Å². The Morgan fingerprint density at radius 2 is 2.16 bits per heavy atom. The third kappa shape index (κ3) is 4.54. The molecule has 108 valence electrons. The number of hydrogen-bond donors (Lipinski definition) is 0. The van der Waals surface area contributed by atoms with Gasteiger partial charge in [0.05, 0.1) is 12.2 Å². The molecule has 19 heavy (non-hydrogen) atoms. The van der Waals surface area contributed by atoms with Crippen molar-refractivity contribution in [3.8, 4) is 0 Å². The number of likely N-dealkylation sites (tertiary alicyclic amines) is 1. The highest BCUT2D eigenvalue weighted by molar-refractivity contribution is 9.09. The summed E-state index contributed by atoms with van der Waals surface area (Å²) >= 11 is 5.60. The van der Waals surface area contributed by atoms with Crippen molar-refractivity contribution in [2.75, 3.05) is 6.54 Å². The van der Waals surface area contributed by atoms with Gasteiger partial charge in [-0.25, -0.2) is 4.98 Å². The van der Waals surface area contributed by atoms with Gasteiger partial charge < -0.3 is 0 Å². The minimum absolute atomic E-state index is 0.609. The van der Waals surface area contributed by atoms with E-state index in [1.54, 1.807) is 0 Å². The SMILES string of the molecule is Cc1nc(CN2CCCCCC2CC(C)Br)sc1C. The van der Waals surface area contributed by atoms with Crippen molar-refractivity contribution in [1.82, 2.24) is 9.88 Å². The van der Waals surface area contributed by atoms with Crippen molar-refractivity contribution in [1.29, 1.82) is 0 Å². The van der Waals surface area contributed by atoms with Gasteiger partial charge in [-0.1, -0.05) is 35.7 Å². The molecule has 2 nitrogen and oxygen atoms in total. The lowest BCUT2D eigenvalue weighted by molar-refractivity contribution is 0.182. The van der Waals surface area contributed by atoms with Gasteiger partial charge in [0.2, 0.25) is 0 Å². The largest absolute Gasteiger partial charge is 0.294 e. The number of rotatable bonds is 4.